The summed E-state index contributed by atoms with van der Waals surface area (Å²) in [6.45, 7) is 1.72. The number of hydrogen-bond acceptors (Lipinski definition) is 3. The Labute approximate surface area is 124 Å². The second-order valence-corrected chi connectivity index (χ2v) is 5.27. The van der Waals surface area contributed by atoms with E-state index in [2.05, 4.69) is 21.2 Å². The first kappa shape index (κ1) is 13.2. The minimum absolute atomic E-state index is 0.267. The number of rotatable bonds is 3. The van der Waals surface area contributed by atoms with E-state index in [9.17, 15) is 4.39 Å². The van der Waals surface area contributed by atoms with Crippen LogP contribution in [0.25, 0.3) is 0 Å². The molecule has 0 atom stereocenters. The zero-order chi connectivity index (χ0) is 13.9. The van der Waals surface area contributed by atoms with Gasteiger partial charge in [-0.05, 0) is 40.2 Å². The Bertz CT molecular complexity index is 633. The molecule has 1 N–H and O–H groups in total. The summed E-state index contributed by atoms with van der Waals surface area (Å²) in [5.74, 6) is 1.29. The van der Waals surface area contributed by atoms with Crippen molar-refractivity contribution in [3.8, 4) is 11.5 Å². The van der Waals surface area contributed by atoms with E-state index in [1.807, 2.05) is 18.2 Å². The Hall–Kier alpha value is -1.75. The number of fused-ring (bicyclic) bond motifs is 1. The maximum atomic E-state index is 13.0. The fourth-order valence-electron chi connectivity index (χ4n) is 2.10. The van der Waals surface area contributed by atoms with Crippen molar-refractivity contribution in [2.75, 3.05) is 18.5 Å². The highest BCUT2D eigenvalue weighted by Crippen LogP contribution is 2.34. The fourth-order valence-corrected chi connectivity index (χ4v) is 2.59. The molecule has 0 amide bonds. The Kier molecular flexibility index (Phi) is 3.78. The molecule has 0 aliphatic carbocycles. The van der Waals surface area contributed by atoms with Crippen LogP contribution in [-0.4, -0.2) is 13.2 Å². The second-order valence-electron chi connectivity index (χ2n) is 4.42. The van der Waals surface area contributed by atoms with Crippen LogP contribution in [0.1, 0.15) is 5.56 Å². The van der Waals surface area contributed by atoms with Crippen LogP contribution >= 0.6 is 15.9 Å². The molecule has 20 heavy (non-hydrogen) atoms. The molecule has 5 heteroatoms. The largest absolute Gasteiger partial charge is 0.486 e. The summed E-state index contributed by atoms with van der Waals surface area (Å²) in [5, 5.41) is 3.26. The Morgan fingerprint density at radius 1 is 1.15 bits per heavy atom. The average molecular weight is 338 g/mol. The summed E-state index contributed by atoms with van der Waals surface area (Å²) in [6.07, 6.45) is 0. The zero-order valence-corrected chi connectivity index (χ0v) is 12.2. The maximum absolute atomic E-state index is 13.0. The lowest BCUT2D eigenvalue weighted by atomic mass is 10.1. The molecule has 2 aromatic rings. The lowest BCUT2D eigenvalue weighted by molar-refractivity contribution is 0.170. The van der Waals surface area contributed by atoms with Crippen LogP contribution in [-0.2, 0) is 6.54 Å². The summed E-state index contributed by atoms with van der Waals surface area (Å²) >= 11 is 3.34. The van der Waals surface area contributed by atoms with Crippen LogP contribution in [0.5, 0.6) is 11.5 Å². The van der Waals surface area contributed by atoms with Gasteiger partial charge in [0.25, 0.3) is 0 Å². The summed E-state index contributed by atoms with van der Waals surface area (Å²) in [5.41, 5.74) is 1.85. The summed E-state index contributed by atoms with van der Waals surface area (Å²) in [6, 6.07) is 10.4. The predicted octanol–water partition coefficient (Wildman–Crippen LogP) is 3.97. The molecule has 0 radical (unpaired) electrons. The van der Waals surface area contributed by atoms with Gasteiger partial charge in [-0.3, -0.25) is 0 Å². The van der Waals surface area contributed by atoms with Crippen LogP contribution in [0, 0.1) is 5.82 Å². The van der Waals surface area contributed by atoms with Crippen molar-refractivity contribution in [3.63, 3.8) is 0 Å². The van der Waals surface area contributed by atoms with Gasteiger partial charge >= 0.3 is 0 Å². The van der Waals surface area contributed by atoms with Crippen LogP contribution in [0.15, 0.2) is 40.9 Å². The lowest BCUT2D eigenvalue weighted by Crippen LogP contribution is -2.17. The van der Waals surface area contributed by atoms with E-state index in [-0.39, 0.29) is 5.82 Å². The van der Waals surface area contributed by atoms with E-state index in [0.717, 1.165) is 22.7 Å². The number of halogens is 2. The molecule has 104 valence electrons. The van der Waals surface area contributed by atoms with Crippen LogP contribution in [0.4, 0.5) is 10.1 Å². The molecule has 0 aromatic heterocycles. The number of nitrogens with one attached hydrogen (secondary N) is 1. The van der Waals surface area contributed by atoms with Gasteiger partial charge in [0.1, 0.15) is 19.0 Å². The molecule has 1 heterocycles. The van der Waals surface area contributed by atoms with E-state index in [4.69, 9.17) is 9.47 Å². The highest BCUT2D eigenvalue weighted by atomic mass is 79.9. The SMILES string of the molecule is Fc1ccc(NCc2cccc3c2OCCO3)c(Br)c1. The topological polar surface area (TPSA) is 30.5 Å². The van der Waals surface area contributed by atoms with Gasteiger partial charge in [0.15, 0.2) is 11.5 Å². The molecule has 0 spiro atoms. The average Bonchev–Trinajstić information content (AvgIpc) is 2.46. The first-order chi connectivity index (χ1) is 9.74. The molecular weight excluding hydrogens is 325 g/mol. The number of benzene rings is 2. The molecule has 0 bridgehead atoms. The Morgan fingerprint density at radius 3 is 2.85 bits per heavy atom. The van der Waals surface area contributed by atoms with Gasteiger partial charge < -0.3 is 14.8 Å². The highest BCUT2D eigenvalue weighted by Gasteiger charge is 2.15. The molecule has 3 nitrogen and oxygen atoms in total. The lowest BCUT2D eigenvalue weighted by Gasteiger charge is -2.21. The van der Waals surface area contributed by atoms with Crippen molar-refractivity contribution in [1.29, 1.82) is 0 Å². The van der Waals surface area contributed by atoms with E-state index in [0.29, 0.717) is 24.2 Å². The number of ether oxygens (including phenoxy) is 2. The van der Waals surface area contributed by atoms with Crippen molar-refractivity contribution in [3.05, 3.63) is 52.3 Å². The summed E-state index contributed by atoms with van der Waals surface area (Å²) in [7, 11) is 0. The van der Waals surface area contributed by atoms with Crippen molar-refractivity contribution >= 4 is 21.6 Å². The normalized spacial score (nSPS) is 13.1. The Balaban J connectivity index is 1.78. The molecule has 2 aromatic carbocycles. The number of para-hydroxylation sites is 1. The van der Waals surface area contributed by atoms with Gasteiger partial charge in [0.05, 0.1) is 0 Å². The molecule has 0 fully saturated rings. The second kappa shape index (κ2) is 5.71. The number of hydrogen-bond donors (Lipinski definition) is 1. The van der Waals surface area contributed by atoms with Crippen LogP contribution in [0.3, 0.4) is 0 Å². The monoisotopic (exact) mass is 337 g/mol. The van der Waals surface area contributed by atoms with Gasteiger partial charge in [-0.2, -0.15) is 0 Å². The highest BCUT2D eigenvalue weighted by molar-refractivity contribution is 9.10. The molecule has 3 rings (SSSR count). The van der Waals surface area contributed by atoms with Crippen LogP contribution in [0.2, 0.25) is 0 Å². The maximum Gasteiger partial charge on any atom is 0.166 e. The first-order valence-electron chi connectivity index (χ1n) is 6.30. The van der Waals surface area contributed by atoms with Gasteiger partial charge in [-0.15, -0.1) is 0 Å². The first-order valence-corrected chi connectivity index (χ1v) is 7.10. The number of anilines is 1. The minimum atomic E-state index is -0.267. The third-order valence-electron chi connectivity index (χ3n) is 3.05. The van der Waals surface area contributed by atoms with Crippen LogP contribution < -0.4 is 14.8 Å². The smallest absolute Gasteiger partial charge is 0.166 e. The van der Waals surface area contributed by atoms with Crippen molar-refractivity contribution in [1.82, 2.24) is 0 Å². The molecule has 0 saturated heterocycles. The standard InChI is InChI=1S/C15H13BrFNO2/c16-12-8-11(17)4-5-13(12)18-9-10-2-1-3-14-15(10)20-7-6-19-14/h1-5,8,18H,6-7,9H2. The Morgan fingerprint density at radius 2 is 2.00 bits per heavy atom. The van der Waals surface area contributed by atoms with Crippen molar-refractivity contribution in [2.24, 2.45) is 0 Å². The summed E-state index contributed by atoms with van der Waals surface area (Å²) in [4.78, 5) is 0. The van der Waals surface area contributed by atoms with Crippen molar-refractivity contribution in [2.45, 2.75) is 6.54 Å². The van der Waals surface area contributed by atoms with E-state index in [1.165, 1.54) is 12.1 Å². The predicted molar refractivity (Wildman–Crippen MR) is 78.9 cm³/mol. The molecule has 1 aliphatic rings. The van der Waals surface area contributed by atoms with Crippen molar-refractivity contribution < 1.29 is 13.9 Å². The van der Waals surface area contributed by atoms with E-state index >= 15 is 0 Å². The van der Waals surface area contributed by atoms with Gasteiger partial charge in [0, 0.05) is 22.3 Å². The van der Waals surface area contributed by atoms with Gasteiger partial charge in [-0.25, -0.2) is 4.39 Å². The summed E-state index contributed by atoms with van der Waals surface area (Å²) < 4.78 is 24.9. The molecule has 0 unspecified atom stereocenters. The van der Waals surface area contributed by atoms with Gasteiger partial charge in [0.2, 0.25) is 0 Å². The third-order valence-corrected chi connectivity index (χ3v) is 3.70. The molecular formula is C15H13BrFNO2. The minimum Gasteiger partial charge on any atom is -0.486 e. The fraction of sp³-hybridized carbons (Fsp3) is 0.200. The molecule has 0 saturated carbocycles. The van der Waals surface area contributed by atoms with Gasteiger partial charge in [-0.1, -0.05) is 12.1 Å². The quantitative estimate of drug-likeness (QED) is 0.919. The zero-order valence-electron chi connectivity index (χ0n) is 10.7. The van der Waals surface area contributed by atoms with E-state index in [1.54, 1.807) is 6.07 Å². The van der Waals surface area contributed by atoms with E-state index < -0.39 is 0 Å². The molecule has 1 aliphatic heterocycles. The third kappa shape index (κ3) is 2.72.